The van der Waals surface area contributed by atoms with Gasteiger partial charge in [0.15, 0.2) is 11.4 Å². The van der Waals surface area contributed by atoms with Crippen LogP contribution < -0.4 is 10.4 Å². The molecule has 0 bridgehead atoms. The fraction of sp³-hybridized carbons (Fsp3) is 0.519. The summed E-state index contributed by atoms with van der Waals surface area (Å²) in [6.07, 6.45) is 7.78. The number of methoxy groups -OCH3 is 1. The van der Waals surface area contributed by atoms with Crippen LogP contribution in [0.2, 0.25) is 0 Å². The first-order valence-corrected chi connectivity index (χ1v) is 13.0. The van der Waals surface area contributed by atoms with Crippen molar-refractivity contribution in [1.29, 1.82) is 0 Å². The minimum Gasteiger partial charge on any atom is -0.493 e. The van der Waals surface area contributed by atoms with Gasteiger partial charge in [-0.3, -0.25) is 9.47 Å². The number of aromatic amines is 1. The zero-order valence-corrected chi connectivity index (χ0v) is 21.2. The second-order valence-electron chi connectivity index (χ2n) is 10.4. The maximum atomic E-state index is 13.3. The Balaban J connectivity index is 1.43. The maximum Gasteiger partial charge on any atom is 0.326 e. The van der Waals surface area contributed by atoms with E-state index < -0.39 is 0 Å². The summed E-state index contributed by atoms with van der Waals surface area (Å²) in [5.74, 6) is 0.937. The van der Waals surface area contributed by atoms with E-state index in [1.54, 1.807) is 11.6 Å². The average molecular weight is 491 g/mol. The van der Waals surface area contributed by atoms with E-state index in [1.165, 1.54) is 11.9 Å². The molecule has 9 nitrogen and oxygen atoms in total. The molecule has 4 aromatic rings. The number of benzene rings is 1. The smallest absolute Gasteiger partial charge is 0.326 e. The van der Waals surface area contributed by atoms with Gasteiger partial charge in [0.1, 0.15) is 6.33 Å². The lowest BCUT2D eigenvalue weighted by atomic mass is 9.92. The molecule has 5 heterocycles. The van der Waals surface area contributed by atoms with E-state index in [-0.39, 0.29) is 17.6 Å². The van der Waals surface area contributed by atoms with Crippen LogP contribution in [0.1, 0.15) is 57.1 Å². The molecule has 3 aromatic heterocycles. The quantitative estimate of drug-likeness (QED) is 0.455. The molecule has 0 aliphatic carbocycles. The number of nitrogens with zero attached hydrogens (tertiary/aromatic N) is 5. The fourth-order valence-corrected chi connectivity index (χ4v) is 6.05. The third kappa shape index (κ3) is 4.00. The van der Waals surface area contributed by atoms with Gasteiger partial charge in [-0.1, -0.05) is 13.8 Å². The van der Waals surface area contributed by atoms with Gasteiger partial charge >= 0.3 is 5.69 Å². The molecule has 1 atom stereocenters. The molecule has 6 rings (SSSR count). The van der Waals surface area contributed by atoms with Crippen molar-refractivity contribution in [3.8, 4) is 16.9 Å². The van der Waals surface area contributed by atoms with Crippen LogP contribution in [-0.2, 0) is 4.74 Å². The Hall–Kier alpha value is -3.17. The van der Waals surface area contributed by atoms with E-state index >= 15 is 0 Å². The third-order valence-corrected chi connectivity index (χ3v) is 7.88. The summed E-state index contributed by atoms with van der Waals surface area (Å²) in [5.41, 5.74) is 5.73. The van der Waals surface area contributed by atoms with Gasteiger partial charge in [0.05, 0.1) is 24.2 Å². The van der Waals surface area contributed by atoms with E-state index in [0.717, 1.165) is 74.1 Å². The number of likely N-dealkylation sites (tertiary alicyclic amines) is 1. The zero-order valence-electron chi connectivity index (χ0n) is 21.2. The van der Waals surface area contributed by atoms with Gasteiger partial charge in [0.25, 0.3) is 0 Å². The number of H-pyrrole nitrogens is 1. The summed E-state index contributed by atoms with van der Waals surface area (Å²) in [7, 11) is 1.64. The number of aromatic nitrogens is 5. The Labute approximate surface area is 210 Å². The van der Waals surface area contributed by atoms with Crippen LogP contribution in [0, 0.1) is 0 Å². The molecule has 2 fully saturated rings. The molecule has 2 aliphatic heterocycles. The van der Waals surface area contributed by atoms with E-state index in [4.69, 9.17) is 9.47 Å². The molecule has 0 amide bonds. The number of hydrogen-bond donors (Lipinski definition) is 1. The Morgan fingerprint density at radius 2 is 1.97 bits per heavy atom. The first kappa shape index (κ1) is 23.2. The van der Waals surface area contributed by atoms with Gasteiger partial charge in [-0.25, -0.2) is 14.3 Å². The minimum absolute atomic E-state index is 0.0278. The van der Waals surface area contributed by atoms with E-state index in [1.807, 2.05) is 16.8 Å². The van der Waals surface area contributed by atoms with Crippen LogP contribution in [0.4, 0.5) is 0 Å². The molecule has 0 saturated carbocycles. The number of rotatable bonds is 5. The predicted molar refractivity (Wildman–Crippen MR) is 139 cm³/mol. The molecule has 0 unspecified atom stereocenters. The molecule has 1 N–H and O–H groups in total. The molecule has 2 aliphatic rings. The largest absolute Gasteiger partial charge is 0.493 e. The first-order chi connectivity index (χ1) is 17.5. The molecule has 0 spiro atoms. The van der Waals surface area contributed by atoms with Crippen molar-refractivity contribution in [2.45, 2.75) is 57.5 Å². The predicted octanol–water partition coefficient (Wildman–Crippen LogP) is 3.99. The second-order valence-corrected chi connectivity index (χ2v) is 10.4. The van der Waals surface area contributed by atoms with Crippen LogP contribution in [0.5, 0.6) is 5.75 Å². The van der Waals surface area contributed by atoms with Gasteiger partial charge < -0.3 is 14.5 Å². The zero-order chi connectivity index (χ0) is 24.8. The maximum absolute atomic E-state index is 13.3. The second kappa shape index (κ2) is 9.37. The monoisotopic (exact) mass is 490 g/mol. The van der Waals surface area contributed by atoms with Crippen molar-refractivity contribution >= 4 is 16.7 Å². The summed E-state index contributed by atoms with van der Waals surface area (Å²) in [6.45, 7) is 8.08. The Morgan fingerprint density at radius 3 is 2.75 bits per heavy atom. The number of piperidine rings is 1. The average Bonchev–Trinajstić information content (AvgIpc) is 3.51. The topological polar surface area (TPSA) is 89.7 Å². The number of imidazole rings is 1. The van der Waals surface area contributed by atoms with Gasteiger partial charge in [0.2, 0.25) is 0 Å². The highest BCUT2D eigenvalue weighted by molar-refractivity contribution is 5.85. The minimum atomic E-state index is -0.0278. The van der Waals surface area contributed by atoms with Gasteiger partial charge in [-0.05, 0) is 67.5 Å². The summed E-state index contributed by atoms with van der Waals surface area (Å²) in [6, 6.07) is 7.04. The van der Waals surface area contributed by atoms with Crippen molar-refractivity contribution in [3.05, 3.63) is 46.8 Å². The normalized spacial score (nSPS) is 20.1. The van der Waals surface area contributed by atoms with Crippen molar-refractivity contribution in [2.24, 2.45) is 0 Å². The highest BCUT2D eigenvalue weighted by Gasteiger charge is 2.30. The Kier molecular flexibility index (Phi) is 6.05. The SMILES string of the molecule is COc1cc(-c2cc3[nH]c(=O)n([C@@H]4CCCN(C5CCOCC5)C4)c3cc2C(C)C)cn2ncnc12. The van der Waals surface area contributed by atoms with E-state index in [9.17, 15) is 4.79 Å². The van der Waals surface area contributed by atoms with E-state index in [2.05, 4.69) is 45.9 Å². The third-order valence-electron chi connectivity index (χ3n) is 7.88. The molecule has 190 valence electrons. The van der Waals surface area contributed by atoms with Crippen LogP contribution in [0.3, 0.4) is 0 Å². The Bertz CT molecular complexity index is 1450. The number of nitrogens with one attached hydrogen (secondary N) is 1. The fourth-order valence-electron chi connectivity index (χ4n) is 6.05. The number of ether oxygens (including phenoxy) is 2. The van der Waals surface area contributed by atoms with E-state index in [0.29, 0.717) is 17.4 Å². The highest BCUT2D eigenvalue weighted by atomic mass is 16.5. The van der Waals surface area contributed by atoms with Crippen molar-refractivity contribution in [3.63, 3.8) is 0 Å². The standard InChI is InChI=1S/C27H34N6O3/c1-17(2)21-13-24-23(12-22(21)18-11-25(35-3)26-28-16-29-32(26)14-18)30-27(34)33(24)20-5-4-8-31(15-20)19-6-9-36-10-7-19/h11-14,16-17,19-20H,4-10,15H2,1-3H3,(H,30,34)/t20-/m1/s1. The first-order valence-electron chi connectivity index (χ1n) is 13.0. The van der Waals surface area contributed by atoms with Crippen molar-refractivity contribution < 1.29 is 9.47 Å². The van der Waals surface area contributed by atoms with Gasteiger partial charge in [0, 0.05) is 37.6 Å². The lowest BCUT2D eigenvalue weighted by Gasteiger charge is -2.40. The number of hydrogen-bond acceptors (Lipinski definition) is 6. The molecule has 9 heteroatoms. The lowest BCUT2D eigenvalue weighted by molar-refractivity contribution is 0.0191. The van der Waals surface area contributed by atoms with Crippen LogP contribution in [0.15, 0.2) is 35.5 Å². The van der Waals surface area contributed by atoms with Crippen LogP contribution in [-0.4, -0.2) is 68.5 Å². The molecular weight excluding hydrogens is 456 g/mol. The summed E-state index contributed by atoms with van der Waals surface area (Å²) >= 11 is 0. The molecule has 36 heavy (non-hydrogen) atoms. The summed E-state index contributed by atoms with van der Waals surface area (Å²) in [4.78, 5) is 23.4. The number of pyridine rings is 1. The molecule has 0 radical (unpaired) electrons. The van der Waals surface area contributed by atoms with Crippen molar-refractivity contribution in [2.75, 3.05) is 33.4 Å². The molecular formula is C27H34N6O3. The van der Waals surface area contributed by atoms with Crippen LogP contribution >= 0.6 is 0 Å². The lowest BCUT2D eigenvalue weighted by Crippen LogP contribution is -2.46. The van der Waals surface area contributed by atoms with Crippen molar-refractivity contribution in [1.82, 2.24) is 29.0 Å². The summed E-state index contributed by atoms with van der Waals surface area (Å²) in [5, 5.41) is 4.33. The van der Waals surface area contributed by atoms with Gasteiger partial charge in [-0.2, -0.15) is 5.10 Å². The van der Waals surface area contributed by atoms with Crippen LogP contribution in [0.25, 0.3) is 27.8 Å². The molecule has 2 saturated heterocycles. The summed E-state index contributed by atoms with van der Waals surface area (Å²) < 4.78 is 14.9. The van der Waals surface area contributed by atoms with Gasteiger partial charge in [-0.15, -0.1) is 0 Å². The Morgan fingerprint density at radius 1 is 1.14 bits per heavy atom. The highest BCUT2D eigenvalue weighted by Crippen LogP contribution is 2.36. The molecule has 1 aromatic carbocycles. The number of fused-ring (bicyclic) bond motifs is 2.